The second-order valence-corrected chi connectivity index (χ2v) is 4.73. The molecule has 1 aromatic rings. The monoisotopic (exact) mass is 319 g/mol. The maximum Gasteiger partial charge on any atom is 0.246 e. The van der Waals surface area contributed by atoms with Crippen molar-refractivity contribution in [2.45, 2.75) is 27.4 Å². The van der Waals surface area contributed by atoms with Crippen LogP contribution in [0.1, 0.15) is 31.9 Å². The van der Waals surface area contributed by atoms with E-state index in [0.717, 1.165) is 11.3 Å². The summed E-state index contributed by atoms with van der Waals surface area (Å²) in [7, 11) is 2.82. The second kappa shape index (κ2) is 9.34. The van der Waals surface area contributed by atoms with Crippen molar-refractivity contribution >= 4 is 23.2 Å². The van der Waals surface area contributed by atoms with Crippen LogP contribution in [0.4, 0.5) is 0 Å². The molecule has 1 amide bonds. The van der Waals surface area contributed by atoms with Crippen LogP contribution in [0.3, 0.4) is 0 Å². The molecule has 124 valence electrons. The van der Waals surface area contributed by atoms with Crippen molar-refractivity contribution in [3.63, 3.8) is 0 Å². The van der Waals surface area contributed by atoms with Gasteiger partial charge in [0, 0.05) is 18.1 Å². The average Bonchev–Trinajstić information content (AvgIpc) is 2.51. The van der Waals surface area contributed by atoms with E-state index in [9.17, 15) is 4.79 Å². The van der Waals surface area contributed by atoms with Gasteiger partial charge in [0.25, 0.3) is 0 Å². The molecule has 0 unspecified atom stereocenters. The third kappa shape index (κ3) is 5.90. The first-order valence-corrected chi connectivity index (χ1v) is 6.95. The van der Waals surface area contributed by atoms with Gasteiger partial charge in [-0.25, -0.2) is 0 Å². The lowest BCUT2D eigenvalue weighted by Gasteiger charge is -2.12. The molecular formula is C16H21N3O4. The van der Waals surface area contributed by atoms with Crippen molar-refractivity contribution in [2.24, 2.45) is 15.3 Å². The van der Waals surface area contributed by atoms with Gasteiger partial charge in [-0.3, -0.25) is 4.79 Å². The molecule has 0 spiro atoms. The van der Waals surface area contributed by atoms with Gasteiger partial charge in [0.1, 0.15) is 13.7 Å². The lowest BCUT2D eigenvalue weighted by atomic mass is 10.0. The van der Waals surface area contributed by atoms with Crippen LogP contribution in [-0.4, -0.2) is 37.4 Å². The molecule has 0 aromatic heterocycles. The number of carbonyl (C=O) groups is 1. The molecule has 0 bridgehead atoms. The summed E-state index contributed by atoms with van der Waals surface area (Å²) in [5.74, 6) is -0.326. The van der Waals surface area contributed by atoms with Gasteiger partial charge in [0.2, 0.25) is 11.8 Å². The van der Waals surface area contributed by atoms with Gasteiger partial charge in [-0.2, -0.15) is 4.99 Å². The highest BCUT2D eigenvalue weighted by molar-refractivity contribution is 6.46. The number of carbonyl (C=O) groups excluding carboxylic acids is 1. The minimum absolute atomic E-state index is 0.0713. The summed E-state index contributed by atoms with van der Waals surface area (Å²) in [5, 5.41) is 7.85. The van der Waals surface area contributed by atoms with Crippen molar-refractivity contribution in [1.29, 1.82) is 0 Å². The van der Waals surface area contributed by atoms with E-state index >= 15 is 0 Å². The van der Waals surface area contributed by atoms with Crippen molar-refractivity contribution in [3.05, 3.63) is 35.4 Å². The predicted octanol–water partition coefficient (Wildman–Crippen LogP) is 2.54. The Bertz CT molecular complexity index is 632. The van der Waals surface area contributed by atoms with E-state index in [4.69, 9.17) is 14.4 Å². The van der Waals surface area contributed by atoms with E-state index in [-0.39, 0.29) is 12.5 Å². The summed E-state index contributed by atoms with van der Waals surface area (Å²) >= 11 is 0. The molecule has 0 fully saturated rings. The van der Waals surface area contributed by atoms with Crippen LogP contribution >= 0.6 is 0 Å². The van der Waals surface area contributed by atoms with Gasteiger partial charge in [-0.15, -0.1) is 0 Å². The number of hydrogen-bond acceptors (Lipinski definition) is 6. The van der Waals surface area contributed by atoms with Crippen LogP contribution in [0, 0.1) is 0 Å². The Morgan fingerprint density at radius 2 is 1.78 bits per heavy atom. The number of methoxy groups -OCH3 is 1. The summed E-state index contributed by atoms with van der Waals surface area (Å²) in [6, 6.07) is 7.37. The lowest BCUT2D eigenvalue weighted by Crippen LogP contribution is -2.21. The fourth-order valence-corrected chi connectivity index (χ4v) is 1.74. The zero-order valence-corrected chi connectivity index (χ0v) is 14.0. The molecule has 7 heteroatoms. The Morgan fingerprint density at radius 3 is 2.35 bits per heavy atom. The van der Waals surface area contributed by atoms with Gasteiger partial charge in [-0.05, 0) is 13.8 Å². The normalized spacial score (nSPS) is 11.7. The molecule has 0 saturated heterocycles. The zero-order chi connectivity index (χ0) is 17.2. The van der Waals surface area contributed by atoms with Gasteiger partial charge in [-0.1, -0.05) is 34.6 Å². The fourth-order valence-electron chi connectivity index (χ4n) is 1.74. The van der Waals surface area contributed by atoms with Gasteiger partial charge in [0.15, 0.2) is 5.71 Å². The Labute approximate surface area is 135 Å². The Kier molecular flexibility index (Phi) is 7.45. The summed E-state index contributed by atoms with van der Waals surface area (Å²) in [5.41, 5.74) is 2.60. The standard InChI is InChI=1S/C16H21N3O4/c1-11(2)18-23-10-13-8-6-7-9-14(13)15(19-22-5)16(21-4)17-12(3)20/h6-9H,10H2,1-5H3/b17-16?,19-15+. The van der Waals surface area contributed by atoms with E-state index in [2.05, 4.69) is 15.3 Å². The van der Waals surface area contributed by atoms with Crippen LogP contribution in [0.2, 0.25) is 0 Å². The number of aliphatic imine (C=N–C) groups is 1. The maximum absolute atomic E-state index is 11.3. The quantitative estimate of drug-likeness (QED) is 0.458. The number of nitrogens with zero attached hydrogens (tertiary/aromatic N) is 3. The van der Waals surface area contributed by atoms with E-state index < -0.39 is 5.91 Å². The van der Waals surface area contributed by atoms with Gasteiger partial charge >= 0.3 is 0 Å². The smallest absolute Gasteiger partial charge is 0.246 e. The molecule has 23 heavy (non-hydrogen) atoms. The lowest BCUT2D eigenvalue weighted by molar-refractivity contribution is -0.115. The molecule has 1 rings (SSSR count). The number of benzene rings is 1. The first kappa shape index (κ1) is 18.3. The van der Waals surface area contributed by atoms with Crippen molar-refractivity contribution in [1.82, 2.24) is 0 Å². The molecule has 7 nitrogen and oxygen atoms in total. The first-order valence-electron chi connectivity index (χ1n) is 6.95. The molecule has 0 aliphatic rings. The minimum Gasteiger partial charge on any atom is -0.479 e. The fraction of sp³-hybridized carbons (Fsp3) is 0.375. The number of amides is 1. The molecule has 0 radical (unpaired) electrons. The van der Waals surface area contributed by atoms with Crippen LogP contribution in [0.25, 0.3) is 0 Å². The summed E-state index contributed by atoms with van der Waals surface area (Å²) < 4.78 is 5.18. The molecule has 0 atom stereocenters. The Morgan fingerprint density at radius 1 is 1.09 bits per heavy atom. The van der Waals surface area contributed by atoms with Crippen LogP contribution in [0.5, 0.6) is 0 Å². The summed E-state index contributed by atoms with van der Waals surface area (Å²) in [6.07, 6.45) is 0. The summed E-state index contributed by atoms with van der Waals surface area (Å²) in [4.78, 5) is 25.3. The molecule has 0 aliphatic heterocycles. The molecular weight excluding hydrogens is 298 g/mol. The third-order valence-corrected chi connectivity index (χ3v) is 2.58. The van der Waals surface area contributed by atoms with Crippen LogP contribution in [0.15, 0.2) is 39.6 Å². The zero-order valence-electron chi connectivity index (χ0n) is 14.0. The molecule has 0 N–H and O–H groups in total. The molecule has 0 aliphatic carbocycles. The van der Waals surface area contributed by atoms with Crippen LogP contribution < -0.4 is 0 Å². The highest BCUT2D eigenvalue weighted by atomic mass is 16.6. The Balaban J connectivity index is 3.25. The molecule has 0 heterocycles. The number of rotatable bonds is 6. The van der Waals surface area contributed by atoms with Crippen molar-refractivity contribution in [2.75, 3.05) is 14.2 Å². The summed E-state index contributed by atoms with van der Waals surface area (Å²) in [6.45, 7) is 5.25. The van der Waals surface area contributed by atoms with E-state index in [1.807, 2.05) is 38.1 Å². The molecule has 1 aromatic carbocycles. The van der Waals surface area contributed by atoms with Gasteiger partial charge in [0.05, 0.1) is 12.8 Å². The average molecular weight is 319 g/mol. The SMILES string of the molecule is CO/N=C(/C(=NC(C)=O)OC)c1ccccc1CON=C(C)C. The molecule has 0 saturated carbocycles. The minimum atomic E-state index is -0.398. The van der Waals surface area contributed by atoms with Crippen molar-refractivity contribution < 1.29 is 19.2 Å². The third-order valence-electron chi connectivity index (χ3n) is 2.58. The van der Waals surface area contributed by atoms with E-state index in [1.54, 1.807) is 0 Å². The van der Waals surface area contributed by atoms with E-state index in [1.165, 1.54) is 21.1 Å². The predicted molar refractivity (Wildman–Crippen MR) is 88.7 cm³/mol. The number of ether oxygens (including phenoxy) is 1. The number of oxime groups is 2. The topological polar surface area (TPSA) is 81.8 Å². The Hall–Kier alpha value is -2.70. The van der Waals surface area contributed by atoms with Crippen molar-refractivity contribution in [3.8, 4) is 0 Å². The number of hydrogen-bond donors (Lipinski definition) is 0. The highest BCUT2D eigenvalue weighted by Gasteiger charge is 2.18. The largest absolute Gasteiger partial charge is 0.479 e. The second-order valence-electron chi connectivity index (χ2n) is 4.73. The highest BCUT2D eigenvalue weighted by Crippen LogP contribution is 2.14. The van der Waals surface area contributed by atoms with E-state index in [0.29, 0.717) is 11.3 Å². The maximum atomic E-state index is 11.3. The van der Waals surface area contributed by atoms with Crippen LogP contribution in [-0.2, 0) is 25.8 Å². The first-order chi connectivity index (χ1) is 11.0. The van der Waals surface area contributed by atoms with Gasteiger partial charge < -0.3 is 14.4 Å².